The van der Waals surface area contributed by atoms with E-state index in [0.717, 1.165) is 22.2 Å². The van der Waals surface area contributed by atoms with Crippen molar-refractivity contribution in [2.45, 2.75) is 6.61 Å². The highest BCUT2D eigenvalue weighted by molar-refractivity contribution is 8.18. The van der Waals surface area contributed by atoms with E-state index in [1.165, 1.54) is 6.08 Å². The fourth-order valence-corrected chi connectivity index (χ4v) is 4.79. The van der Waals surface area contributed by atoms with Crippen LogP contribution in [0.3, 0.4) is 0 Å². The number of carbonyl (C=O) groups excluding carboxylic acids is 3. The molecule has 0 spiro atoms. The summed E-state index contributed by atoms with van der Waals surface area (Å²) in [6.07, 6.45) is 1.52. The van der Waals surface area contributed by atoms with Gasteiger partial charge in [0.05, 0.1) is 23.1 Å². The van der Waals surface area contributed by atoms with Crippen LogP contribution in [0.2, 0.25) is 10.0 Å². The van der Waals surface area contributed by atoms with Crippen LogP contribution in [-0.4, -0.2) is 59.7 Å². The average Bonchev–Trinajstić information content (AvgIpc) is 3.07. The molecule has 2 heterocycles. The second-order valence-corrected chi connectivity index (χ2v) is 9.18. The van der Waals surface area contributed by atoms with Gasteiger partial charge in [-0.3, -0.25) is 19.3 Å². The van der Waals surface area contributed by atoms with Crippen molar-refractivity contribution in [3.63, 3.8) is 0 Å². The molecular weight excluding hydrogens is 487 g/mol. The fourth-order valence-electron chi connectivity index (χ4n) is 3.40. The number of ether oxygens (including phenoxy) is 2. The third-order valence-electron chi connectivity index (χ3n) is 5.08. The molecule has 2 aromatic carbocycles. The first-order valence-corrected chi connectivity index (χ1v) is 11.8. The van der Waals surface area contributed by atoms with E-state index >= 15 is 0 Å². The number of imide groups is 1. The lowest BCUT2D eigenvalue weighted by molar-refractivity contribution is -0.139. The Morgan fingerprint density at radius 2 is 1.85 bits per heavy atom. The van der Waals surface area contributed by atoms with Gasteiger partial charge in [-0.2, -0.15) is 0 Å². The van der Waals surface area contributed by atoms with E-state index in [4.69, 9.17) is 32.7 Å². The molecule has 0 bridgehead atoms. The van der Waals surface area contributed by atoms with E-state index in [2.05, 4.69) is 0 Å². The van der Waals surface area contributed by atoms with Crippen molar-refractivity contribution in [3.05, 3.63) is 68.5 Å². The molecule has 2 fully saturated rings. The van der Waals surface area contributed by atoms with Gasteiger partial charge >= 0.3 is 0 Å². The maximum Gasteiger partial charge on any atom is 0.294 e. The molecule has 0 aromatic heterocycles. The number of amides is 3. The Labute approximate surface area is 205 Å². The van der Waals surface area contributed by atoms with Gasteiger partial charge in [0.1, 0.15) is 18.9 Å². The summed E-state index contributed by atoms with van der Waals surface area (Å²) in [6, 6.07) is 12.7. The van der Waals surface area contributed by atoms with E-state index in [9.17, 15) is 14.4 Å². The van der Waals surface area contributed by atoms with Crippen LogP contribution in [-0.2, 0) is 20.9 Å². The Bertz CT molecular complexity index is 1100. The van der Waals surface area contributed by atoms with E-state index in [-0.39, 0.29) is 29.0 Å². The van der Waals surface area contributed by atoms with Crippen molar-refractivity contribution in [3.8, 4) is 5.75 Å². The van der Waals surface area contributed by atoms with Crippen molar-refractivity contribution < 1.29 is 23.9 Å². The molecule has 2 aliphatic heterocycles. The van der Waals surface area contributed by atoms with Gasteiger partial charge in [0.25, 0.3) is 11.1 Å². The lowest BCUT2D eigenvalue weighted by Gasteiger charge is -2.28. The van der Waals surface area contributed by atoms with Crippen molar-refractivity contribution >= 4 is 58.1 Å². The van der Waals surface area contributed by atoms with Gasteiger partial charge in [-0.1, -0.05) is 53.5 Å². The van der Waals surface area contributed by atoms with Crippen LogP contribution in [0.4, 0.5) is 4.79 Å². The zero-order valence-electron chi connectivity index (χ0n) is 17.5. The molecule has 4 rings (SSSR count). The van der Waals surface area contributed by atoms with E-state index in [1.54, 1.807) is 17.0 Å². The van der Waals surface area contributed by atoms with Crippen molar-refractivity contribution in [2.24, 2.45) is 0 Å². The fraction of sp³-hybridized carbons (Fsp3) is 0.261. The van der Waals surface area contributed by atoms with Crippen LogP contribution in [0.25, 0.3) is 6.08 Å². The largest absolute Gasteiger partial charge is 0.487 e. The molecule has 7 nitrogen and oxygen atoms in total. The molecule has 33 heavy (non-hydrogen) atoms. The molecule has 3 amide bonds. The number of hydrogen-bond acceptors (Lipinski definition) is 6. The van der Waals surface area contributed by atoms with Gasteiger partial charge in [-0.15, -0.1) is 0 Å². The number of hydrogen-bond donors (Lipinski definition) is 0. The van der Waals surface area contributed by atoms with E-state index < -0.39 is 11.1 Å². The highest BCUT2D eigenvalue weighted by Gasteiger charge is 2.37. The minimum absolute atomic E-state index is 0.165. The van der Waals surface area contributed by atoms with Crippen molar-refractivity contribution in [1.82, 2.24) is 9.80 Å². The smallest absolute Gasteiger partial charge is 0.294 e. The number of rotatable bonds is 6. The molecule has 0 radical (unpaired) electrons. The maximum atomic E-state index is 12.9. The molecule has 0 aliphatic carbocycles. The molecule has 0 atom stereocenters. The summed E-state index contributed by atoms with van der Waals surface area (Å²) in [5.41, 5.74) is 1.41. The minimum atomic E-state index is -0.545. The number of morpholine rings is 1. The average molecular weight is 507 g/mol. The maximum absolute atomic E-state index is 12.9. The zero-order chi connectivity index (χ0) is 23.4. The highest BCUT2D eigenvalue weighted by atomic mass is 35.5. The second kappa shape index (κ2) is 10.6. The summed E-state index contributed by atoms with van der Waals surface area (Å²) in [5.74, 6) is -0.489. The first kappa shape index (κ1) is 23.6. The quantitative estimate of drug-likeness (QED) is 0.538. The molecule has 0 saturated carbocycles. The first-order valence-electron chi connectivity index (χ1n) is 10.2. The molecule has 2 aliphatic rings. The third-order valence-corrected chi connectivity index (χ3v) is 6.49. The lowest BCUT2D eigenvalue weighted by Crippen LogP contribution is -2.46. The third kappa shape index (κ3) is 5.70. The van der Waals surface area contributed by atoms with Gasteiger partial charge < -0.3 is 14.4 Å². The number of thioether (sulfide) groups is 1. The number of carbonyl (C=O) groups is 3. The Balaban J connectivity index is 1.53. The topological polar surface area (TPSA) is 76.2 Å². The van der Waals surface area contributed by atoms with E-state index in [1.807, 2.05) is 30.3 Å². The van der Waals surface area contributed by atoms with Gasteiger partial charge in [0, 0.05) is 23.7 Å². The summed E-state index contributed by atoms with van der Waals surface area (Å²) in [4.78, 5) is 40.6. The minimum Gasteiger partial charge on any atom is -0.487 e. The summed E-state index contributed by atoms with van der Waals surface area (Å²) in [7, 11) is 0. The second-order valence-electron chi connectivity index (χ2n) is 7.34. The van der Waals surface area contributed by atoms with Crippen LogP contribution in [0.15, 0.2) is 47.4 Å². The van der Waals surface area contributed by atoms with Gasteiger partial charge in [-0.05, 0) is 35.5 Å². The van der Waals surface area contributed by atoms with Crippen LogP contribution in [0, 0.1) is 0 Å². The van der Waals surface area contributed by atoms with Crippen LogP contribution in [0.5, 0.6) is 5.75 Å². The molecule has 2 aromatic rings. The summed E-state index contributed by atoms with van der Waals surface area (Å²) in [6.45, 7) is 1.71. The normalized spacial score (nSPS) is 17.7. The molecule has 0 unspecified atom stereocenters. The molecule has 2 saturated heterocycles. The predicted octanol–water partition coefficient (Wildman–Crippen LogP) is 4.47. The highest BCUT2D eigenvalue weighted by Crippen LogP contribution is 2.38. The van der Waals surface area contributed by atoms with Crippen molar-refractivity contribution in [1.29, 1.82) is 0 Å². The zero-order valence-corrected chi connectivity index (χ0v) is 19.8. The standard InChI is InChI=1S/C23H20Cl2N2O5S/c24-17-10-16(21(18(25)12-17)32-14-15-4-2-1-3-5-15)11-19-22(29)27(23(30)33-19)13-20(28)26-6-8-31-9-7-26/h1-5,10-12H,6-9,13-14H2/b19-11-. The van der Waals surface area contributed by atoms with Gasteiger partial charge in [-0.25, -0.2) is 0 Å². The van der Waals surface area contributed by atoms with E-state index in [0.29, 0.717) is 42.6 Å². The molecule has 172 valence electrons. The summed E-state index contributed by atoms with van der Waals surface area (Å²) in [5, 5.41) is 0.138. The van der Waals surface area contributed by atoms with Crippen molar-refractivity contribution in [2.75, 3.05) is 32.8 Å². The Hall–Kier alpha value is -2.52. The van der Waals surface area contributed by atoms with Gasteiger partial charge in [0.2, 0.25) is 5.91 Å². The lowest BCUT2D eigenvalue weighted by atomic mass is 10.1. The summed E-state index contributed by atoms with van der Waals surface area (Å²) < 4.78 is 11.2. The SMILES string of the molecule is O=C(CN1C(=O)S/C(=C\c2cc(Cl)cc(Cl)c2OCc2ccccc2)C1=O)N1CCOCC1. The Morgan fingerprint density at radius 3 is 2.58 bits per heavy atom. The number of nitrogens with zero attached hydrogens (tertiary/aromatic N) is 2. The molecule has 10 heteroatoms. The Kier molecular flexibility index (Phi) is 7.60. The Morgan fingerprint density at radius 1 is 1.12 bits per heavy atom. The van der Waals surface area contributed by atoms with Crippen LogP contribution >= 0.6 is 35.0 Å². The van der Waals surface area contributed by atoms with Gasteiger partial charge in [0.15, 0.2) is 0 Å². The predicted molar refractivity (Wildman–Crippen MR) is 127 cm³/mol. The molecular formula is C23H20Cl2N2O5S. The van der Waals surface area contributed by atoms with Crippen LogP contribution < -0.4 is 4.74 Å². The monoisotopic (exact) mass is 506 g/mol. The first-order chi connectivity index (χ1) is 15.9. The number of halogens is 2. The molecule has 0 N–H and O–H groups in total. The number of benzene rings is 2. The van der Waals surface area contributed by atoms with Crippen LogP contribution in [0.1, 0.15) is 11.1 Å². The summed E-state index contributed by atoms with van der Waals surface area (Å²) >= 11 is 13.3.